The van der Waals surface area contributed by atoms with E-state index in [9.17, 15) is 40.9 Å². The number of ether oxygens (including phenoxy) is 1. The van der Waals surface area contributed by atoms with Gasteiger partial charge in [0.25, 0.3) is 0 Å². The molecule has 36 heavy (non-hydrogen) atoms. The zero-order valence-electron chi connectivity index (χ0n) is 19.7. The molecule has 1 aromatic carbocycles. The summed E-state index contributed by atoms with van der Waals surface area (Å²) in [6.07, 6.45) is -14.0. The molecule has 14 heteroatoms. The van der Waals surface area contributed by atoms with Crippen LogP contribution in [0.4, 0.5) is 0 Å². The molecule has 0 aliphatic carbocycles. The normalized spacial score (nSPS) is 20.6. The Morgan fingerprint density at radius 2 is 1.17 bits per heavy atom. The van der Waals surface area contributed by atoms with Gasteiger partial charge in [-0.2, -0.15) is 0 Å². The van der Waals surface area contributed by atoms with Gasteiger partial charge in [0.1, 0.15) is 49.0 Å². The minimum absolute atomic E-state index is 0.0759. The zero-order valence-corrected chi connectivity index (χ0v) is 21.3. The highest BCUT2D eigenvalue weighted by Gasteiger charge is 2.34. The van der Waals surface area contributed by atoms with Crippen LogP contribution < -0.4 is 4.74 Å². The molecule has 1 aliphatic rings. The highest BCUT2D eigenvalue weighted by atomic mass is 33.1. The minimum atomic E-state index is -1.84. The highest BCUT2D eigenvalue weighted by Crippen LogP contribution is 2.38. The van der Waals surface area contributed by atoms with Crippen molar-refractivity contribution in [1.29, 1.82) is 0 Å². The van der Waals surface area contributed by atoms with Crippen molar-refractivity contribution in [2.24, 2.45) is 0 Å². The number of hydrogen-bond acceptors (Lipinski definition) is 14. The Kier molecular flexibility index (Phi) is 13.7. The maximum absolute atomic E-state index is 10.4. The van der Waals surface area contributed by atoms with E-state index >= 15 is 0 Å². The van der Waals surface area contributed by atoms with E-state index in [4.69, 9.17) is 14.9 Å². The van der Waals surface area contributed by atoms with E-state index in [1.54, 1.807) is 21.6 Å². The topological polar surface area (TPSA) is 215 Å². The lowest BCUT2D eigenvalue weighted by molar-refractivity contribution is -0.130. The van der Waals surface area contributed by atoms with Crippen molar-refractivity contribution in [2.75, 3.05) is 39.5 Å². The van der Waals surface area contributed by atoms with Crippen LogP contribution in [0.5, 0.6) is 5.75 Å². The Labute approximate surface area is 217 Å². The number of nitrogens with zero attached hydrogens (tertiary/aromatic N) is 1. The molecule has 0 saturated heterocycles. The van der Waals surface area contributed by atoms with Gasteiger partial charge in [-0.1, -0.05) is 27.7 Å². The third-order valence-electron chi connectivity index (χ3n) is 5.91. The third kappa shape index (κ3) is 9.23. The molecule has 2 rings (SSSR count). The average molecular weight is 556 g/mol. The van der Waals surface area contributed by atoms with E-state index in [0.29, 0.717) is 5.75 Å². The molecule has 0 saturated carbocycles. The first-order chi connectivity index (χ1) is 17.1. The van der Waals surface area contributed by atoms with Gasteiger partial charge < -0.3 is 55.8 Å². The van der Waals surface area contributed by atoms with Crippen molar-refractivity contribution in [3.63, 3.8) is 0 Å². The van der Waals surface area contributed by atoms with E-state index in [1.165, 1.54) is 10.5 Å². The van der Waals surface area contributed by atoms with Crippen LogP contribution in [0.1, 0.15) is 11.1 Å². The predicted octanol–water partition coefficient (Wildman–Crippen LogP) is -3.37. The summed E-state index contributed by atoms with van der Waals surface area (Å²) < 4.78 is 5.80. The van der Waals surface area contributed by atoms with Crippen molar-refractivity contribution in [3.8, 4) is 5.75 Å². The second-order valence-corrected chi connectivity index (χ2v) is 11.1. The van der Waals surface area contributed by atoms with Crippen LogP contribution in [0.25, 0.3) is 0 Å². The summed E-state index contributed by atoms with van der Waals surface area (Å²) in [6, 6.07) is 5.75. The summed E-state index contributed by atoms with van der Waals surface area (Å²) in [5.41, 5.74) is 2.40. The second-order valence-electron chi connectivity index (χ2n) is 8.66. The van der Waals surface area contributed by atoms with Gasteiger partial charge in [0.2, 0.25) is 0 Å². The molecule has 0 radical (unpaired) electrons. The number of fused-ring (bicyclic) bond motifs is 1. The molecule has 1 aliphatic heterocycles. The van der Waals surface area contributed by atoms with Gasteiger partial charge in [-0.25, -0.2) is 0 Å². The Morgan fingerprint density at radius 3 is 1.67 bits per heavy atom. The van der Waals surface area contributed by atoms with Crippen LogP contribution in [0, 0.1) is 0 Å². The van der Waals surface area contributed by atoms with Crippen molar-refractivity contribution >= 4 is 21.6 Å². The Bertz CT molecular complexity index is 750. The summed E-state index contributed by atoms with van der Waals surface area (Å²) in [4.78, 5) is 1.39. The molecule has 208 valence electrons. The van der Waals surface area contributed by atoms with Gasteiger partial charge >= 0.3 is 0 Å². The molecular weight excluding hydrogens is 518 g/mol. The summed E-state index contributed by atoms with van der Waals surface area (Å²) in [5, 5.41) is 97.8. The molecular formula is C22H37NO11S2. The SMILES string of the molecule is OC[C@@H](O)[C@@H](O)[C@H](O)[C@H](O)CN(CCOc1ccc2c(c1)CSSC2)C[C@@H](O)[C@@H](O)[C@H](O)[C@H](O)CO. The molecule has 10 N–H and O–H groups in total. The Balaban J connectivity index is 2.04. The summed E-state index contributed by atoms with van der Waals surface area (Å²) in [7, 11) is 3.53. The van der Waals surface area contributed by atoms with Crippen molar-refractivity contribution in [3.05, 3.63) is 29.3 Å². The van der Waals surface area contributed by atoms with E-state index in [1.807, 2.05) is 18.2 Å². The molecule has 0 unspecified atom stereocenters. The van der Waals surface area contributed by atoms with Crippen molar-refractivity contribution in [1.82, 2.24) is 4.90 Å². The fraction of sp³-hybridized carbons (Fsp3) is 0.727. The first kappa shape index (κ1) is 31.5. The standard InChI is InChI=1S/C22H37NO11S2/c24-8-17(28)21(32)19(30)15(26)6-23(7-16(27)20(31)22(33)18(29)9-25)3-4-34-14-2-1-12-10-35-36-11-13(12)5-14/h1-2,5,15-22,24-33H,3-4,6-11H2/t15-,16-,17-,18-,19-,20-,21-,22-/m1/s1. The maximum atomic E-state index is 10.4. The molecule has 0 spiro atoms. The molecule has 12 nitrogen and oxygen atoms in total. The number of aliphatic hydroxyl groups is 10. The lowest BCUT2D eigenvalue weighted by atomic mass is 10.0. The average Bonchev–Trinajstić information content (AvgIpc) is 2.89. The predicted molar refractivity (Wildman–Crippen MR) is 133 cm³/mol. The minimum Gasteiger partial charge on any atom is -0.492 e. The summed E-state index contributed by atoms with van der Waals surface area (Å²) in [5.74, 6) is 2.37. The number of aliphatic hydroxyl groups excluding tert-OH is 10. The summed E-state index contributed by atoms with van der Waals surface area (Å²) in [6.45, 7) is -2.21. The third-order valence-corrected chi connectivity index (χ3v) is 8.14. The molecule has 0 aromatic heterocycles. The molecule has 8 atom stereocenters. The Hall–Kier alpha value is -0.720. The fourth-order valence-electron chi connectivity index (χ4n) is 3.60. The first-order valence-electron chi connectivity index (χ1n) is 11.5. The van der Waals surface area contributed by atoms with Gasteiger partial charge in [0.15, 0.2) is 0 Å². The van der Waals surface area contributed by atoms with Crippen LogP contribution >= 0.6 is 21.6 Å². The van der Waals surface area contributed by atoms with Crippen molar-refractivity contribution < 1.29 is 55.8 Å². The van der Waals surface area contributed by atoms with Gasteiger partial charge in [-0.3, -0.25) is 4.90 Å². The quantitative estimate of drug-likeness (QED) is 0.0902. The van der Waals surface area contributed by atoms with Gasteiger partial charge in [-0.05, 0) is 23.3 Å². The first-order valence-corrected chi connectivity index (χ1v) is 13.9. The smallest absolute Gasteiger partial charge is 0.119 e. The second kappa shape index (κ2) is 15.6. The number of hydrogen-bond donors (Lipinski definition) is 10. The molecule has 0 fully saturated rings. The van der Waals surface area contributed by atoms with E-state index in [-0.39, 0.29) is 26.2 Å². The monoisotopic (exact) mass is 555 g/mol. The van der Waals surface area contributed by atoms with Crippen LogP contribution in [0.2, 0.25) is 0 Å². The molecule has 0 amide bonds. The number of benzene rings is 1. The number of rotatable bonds is 16. The zero-order chi connectivity index (χ0) is 26.8. The summed E-state index contributed by atoms with van der Waals surface area (Å²) >= 11 is 0. The molecule has 1 aromatic rings. The lowest BCUT2D eigenvalue weighted by Crippen LogP contribution is -2.53. The molecule has 0 bridgehead atoms. The fourth-order valence-corrected chi connectivity index (χ4v) is 5.83. The van der Waals surface area contributed by atoms with Gasteiger partial charge in [-0.15, -0.1) is 0 Å². The lowest BCUT2D eigenvalue weighted by Gasteiger charge is -2.33. The maximum Gasteiger partial charge on any atom is 0.119 e. The van der Waals surface area contributed by atoms with E-state index in [0.717, 1.165) is 17.1 Å². The van der Waals surface area contributed by atoms with Gasteiger partial charge in [0.05, 0.1) is 25.4 Å². The Morgan fingerprint density at radius 1 is 0.694 bits per heavy atom. The van der Waals surface area contributed by atoms with Crippen LogP contribution in [0.15, 0.2) is 18.2 Å². The van der Waals surface area contributed by atoms with Crippen LogP contribution in [0.3, 0.4) is 0 Å². The largest absolute Gasteiger partial charge is 0.492 e. The van der Waals surface area contributed by atoms with Crippen LogP contribution in [-0.2, 0) is 11.5 Å². The van der Waals surface area contributed by atoms with E-state index in [2.05, 4.69) is 0 Å². The van der Waals surface area contributed by atoms with Crippen molar-refractivity contribution in [2.45, 2.75) is 60.3 Å². The van der Waals surface area contributed by atoms with E-state index < -0.39 is 62.0 Å². The molecule has 1 heterocycles. The highest BCUT2D eigenvalue weighted by molar-refractivity contribution is 8.76. The van der Waals surface area contributed by atoms with Crippen LogP contribution in [-0.4, -0.2) is 144 Å². The van der Waals surface area contributed by atoms with Gasteiger partial charge in [0, 0.05) is 31.1 Å².